The summed E-state index contributed by atoms with van der Waals surface area (Å²) < 4.78 is 34.6. The first kappa shape index (κ1) is 23.4. The van der Waals surface area contributed by atoms with E-state index in [1.807, 2.05) is 6.07 Å². The summed E-state index contributed by atoms with van der Waals surface area (Å²) in [6.07, 6.45) is 4.56. The van der Waals surface area contributed by atoms with Crippen LogP contribution in [0.1, 0.15) is 43.6 Å². The minimum Gasteiger partial charge on any atom is -0.381 e. The monoisotopic (exact) mass is 479 g/mol. The van der Waals surface area contributed by atoms with Crippen LogP contribution in [0.2, 0.25) is 0 Å². The highest BCUT2D eigenvalue weighted by Gasteiger charge is 2.60. The Balaban J connectivity index is 1.73. The fraction of sp³-hybridized carbons (Fsp3) is 0.636. The number of imide groups is 1. The van der Waals surface area contributed by atoms with Gasteiger partial charge in [-0.25, -0.2) is 0 Å². The number of hydrogen-bond acceptors (Lipinski definition) is 8. The second kappa shape index (κ2) is 9.62. The van der Waals surface area contributed by atoms with E-state index in [1.54, 1.807) is 38.4 Å². The van der Waals surface area contributed by atoms with Crippen LogP contribution >= 0.6 is 11.9 Å². The topological polar surface area (TPSA) is 105 Å². The van der Waals surface area contributed by atoms with Crippen molar-refractivity contribution in [3.63, 3.8) is 0 Å². The van der Waals surface area contributed by atoms with Crippen LogP contribution in [-0.4, -0.2) is 56.8 Å². The van der Waals surface area contributed by atoms with E-state index in [0.29, 0.717) is 23.3 Å². The van der Waals surface area contributed by atoms with Crippen molar-refractivity contribution in [2.45, 2.75) is 49.7 Å². The molecule has 2 amide bonds. The standard InChI is InChI=1S/C22H29N3O5S2/c1-23-31-21(27)25(20(26)18(13-24-32(28)29)15-6-4-3-5-7-15)22-10-14-8-16(11-22)19(30-2)17(9-14)12-22/h3-7,14,16-19,23H,8-13H2,1-2H3. The third-order valence-electron chi connectivity index (χ3n) is 7.36. The second-order valence-electron chi connectivity index (χ2n) is 9.13. The highest BCUT2D eigenvalue weighted by molar-refractivity contribution is 8.11. The van der Waals surface area contributed by atoms with Gasteiger partial charge in [0.1, 0.15) is 0 Å². The molecular weight excluding hydrogens is 450 g/mol. The number of amides is 2. The average Bonchev–Trinajstić information content (AvgIpc) is 2.74. The van der Waals surface area contributed by atoms with Gasteiger partial charge in [0.15, 0.2) is 0 Å². The first-order valence-electron chi connectivity index (χ1n) is 10.9. The van der Waals surface area contributed by atoms with Gasteiger partial charge in [-0.1, -0.05) is 30.3 Å². The summed E-state index contributed by atoms with van der Waals surface area (Å²) in [5.74, 6) is -0.114. The van der Waals surface area contributed by atoms with Gasteiger partial charge in [-0.05, 0) is 62.5 Å². The Bertz CT molecular complexity index is 976. The smallest absolute Gasteiger partial charge is 0.311 e. The van der Waals surface area contributed by atoms with Gasteiger partial charge in [0.25, 0.3) is 0 Å². The third-order valence-corrected chi connectivity index (χ3v) is 8.28. The van der Waals surface area contributed by atoms with Crippen molar-refractivity contribution in [2.75, 3.05) is 20.7 Å². The first-order chi connectivity index (χ1) is 15.4. The van der Waals surface area contributed by atoms with E-state index in [2.05, 4.69) is 9.08 Å². The van der Waals surface area contributed by atoms with Crippen molar-refractivity contribution in [1.29, 1.82) is 0 Å². The van der Waals surface area contributed by atoms with Gasteiger partial charge in [-0.3, -0.25) is 19.2 Å². The summed E-state index contributed by atoms with van der Waals surface area (Å²) in [5, 5.41) is -0.349. The van der Waals surface area contributed by atoms with Gasteiger partial charge >= 0.3 is 15.7 Å². The quantitative estimate of drug-likeness (QED) is 0.599. The maximum atomic E-state index is 14.0. The maximum Gasteiger partial charge on any atom is 0.311 e. The molecule has 0 aromatic heterocycles. The molecule has 8 nitrogen and oxygen atoms in total. The predicted octanol–water partition coefficient (Wildman–Crippen LogP) is 3.24. The lowest BCUT2D eigenvalue weighted by Crippen LogP contribution is -2.66. The Labute approximate surface area is 194 Å². The Morgan fingerprint density at radius 1 is 1.22 bits per heavy atom. The SMILES string of the molecule is CNSC(=O)N(C(=O)C(CN=S(=O)=O)c1ccccc1)C12CC3CC(C1)C(OC)C(C3)C2. The molecule has 4 aliphatic rings. The van der Waals surface area contributed by atoms with E-state index in [4.69, 9.17) is 4.74 Å². The summed E-state index contributed by atoms with van der Waals surface area (Å²) in [5.41, 5.74) is 0.0890. The van der Waals surface area contributed by atoms with Gasteiger partial charge < -0.3 is 4.74 Å². The molecule has 174 valence electrons. The maximum absolute atomic E-state index is 14.0. The van der Waals surface area contributed by atoms with Crippen molar-refractivity contribution >= 4 is 33.6 Å². The molecule has 4 saturated carbocycles. The minimum atomic E-state index is -2.63. The molecule has 1 aromatic carbocycles. The molecule has 4 aliphatic carbocycles. The van der Waals surface area contributed by atoms with Crippen LogP contribution in [0.3, 0.4) is 0 Å². The molecule has 4 fully saturated rings. The van der Waals surface area contributed by atoms with Crippen LogP contribution in [0, 0.1) is 17.8 Å². The van der Waals surface area contributed by atoms with Crippen molar-refractivity contribution in [2.24, 2.45) is 22.1 Å². The summed E-state index contributed by atoms with van der Waals surface area (Å²) in [4.78, 5) is 28.8. The van der Waals surface area contributed by atoms with Crippen LogP contribution in [0.5, 0.6) is 0 Å². The van der Waals surface area contributed by atoms with Crippen LogP contribution in [0.15, 0.2) is 34.7 Å². The Kier molecular flexibility index (Phi) is 7.04. The Morgan fingerprint density at radius 3 is 2.44 bits per heavy atom. The van der Waals surface area contributed by atoms with Crippen LogP contribution < -0.4 is 4.72 Å². The number of nitrogens with zero attached hydrogens (tertiary/aromatic N) is 2. The number of carbonyl (C=O) groups is 2. The number of carbonyl (C=O) groups excluding carboxylic acids is 2. The molecule has 10 heteroatoms. The highest BCUT2D eigenvalue weighted by atomic mass is 32.2. The molecule has 4 bridgehead atoms. The van der Waals surface area contributed by atoms with Crippen molar-refractivity contribution in [1.82, 2.24) is 9.62 Å². The zero-order valence-corrected chi connectivity index (χ0v) is 19.9. The minimum absolute atomic E-state index is 0.173. The molecule has 32 heavy (non-hydrogen) atoms. The molecule has 3 unspecified atom stereocenters. The lowest BCUT2D eigenvalue weighted by molar-refractivity contribution is -0.164. The second-order valence-corrected chi connectivity index (χ2v) is 10.8. The van der Waals surface area contributed by atoms with E-state index in [0.717, 1.165) is 44.1 Å². The average molecular weight is 480 g/mol. The highest BCUT2D eigenvalue weighted by Crippen LogP contribution is 2.59. The molecule has 5 rings (SSSR count). The fourth-order valence-corrected chi connectivity index (χ4v) is 7.37. The first-order valence-corrected chi connectivity index (χ1v) is 12.8. The number of ether oxygens (including phenoxy) is 1. The Morgan fingerprint density at radius 2 is 1.88 bits per heavy atom. The lowest BCUT2D eigenvalue weighted by Gasteiger charge is -2.62. The van der Waals surface area contributed by atoms with Crippen LogP contribution in [-0.2, 0) is 20.0 Å². The van der Waals surface area contributed by atoms with E-state index in [9.17, 15) is 18.0 Å². The van der Waals surface area contributed by atoms with E-state index < -0.39 is 22.0 Å². The van der Waals surface area contributed by atoms with Gasteiger partial charge in [0, 0.05) is 19.1 Å². The van der Waals surface area contributed by atoms with Gasteiger partial charge in [0.05, 0.1) is 24.1 Å². The molecule has 3 atom stereocenters. The number of nitrogens with one attached hydrogen (secondary N) is 1. The Hall–Kier alpha value is -1.75. The van der Waals surface area contributed by atoms with Crippen molar-refractivity contribution < 1.29 is 22.7 Å². The van der Waals surface area contributed by atoms with Gasteiger partial charge in [0.2, 0.25) is 5.91 Å². The van der Waals surface area contributed by atoms with Gasteiger partial charge in [-0.15, -0.1) is 0 Å². The fourth-order valence-electron chi connectivity index (χ4n) is 6.55. The van der Waals surface area contributed by atoms with Crippen molar-refractivity contribution in [3.8, 4) is 0 Å². The number of methoxy groups -OCH3 is 1. The molecular formula is C22H29N3O5S2. The molecule has 1 aromatic rings. The number of rotatable bonds is 7. The zero-order valence-electron chi connectivity index (χ0n) is 18.3. The molecule has 0 aliphatic heterocycles. The predicted molar refractivity (Wildman–Crippen MR) is 121 cm³/mol. The molecule has 0 radical (unpaired) electrons. The normalized spacial score (nSPS) is 31.2. The number of hydrogen-bond donors (Lipinski definition) is 1. The molecule has 0 saturated heterocycles. The van der Waals surface area contributed by atoms with E-state index >= 15 is 0 Å². The molecule has 0 heterocycles. The van der Waals surface area contributed by atoms with Crippen LogP contribution in [0.4, 0.5) is 4.79 Å². The summed E-state index contributed by atoms with van der Waals surface area (Å²) in [7, 11) is 0.765. The van der Waals surface area contributed by atoms with E-state index in [-0.39, 0.29) is 23.8 Å². The largest absolute Gasteiger partial charge is 0.381 e. The molecule has 1 N–H and O–H groups in total. The number of benzene rings is 1. The summed E-state index contributed by atoms with van der Waals surface area (Å²) in [6.45, 7) is -0.222. The van der Waals surface area contributed by atoms with Gasteiger partial charge in [-0.2, -0.15) is 12.8 Å². The molecule has 0 spiro atoms. The van der Waals surface area contributed by atoms with Crippen LogP contribution in [0.25, 0.3) is 0 Å². The summed E-state index contributed by atoms with van der Waals surface area (Å²) >= 11 is 0.893. The lowest BCUT2D eigenvalue weighted by atomic mass is 9.51. The van der Waals surface area contributed by atoms with Crippen molar-refractivity contribution in [3.05, 3.63) is 35.9 Å². The summed E-state index contributed by atoms with van der Waals surface area (Å²) in [6, 6.07) is 8.98. The van der Waals surface area contributed by atoms with E-state index in [1.165, 1.54) is 4.90 Å². The zero-order chi connectivity index (χ0) is 22.9. The third kappa shape index (κ3) is 4.37.